The maximum absolute atomic E-state index is 9.03. The van der Waals surface area contributed by atoms with Crippen molar-refractivity contribution in [2.24, 2.45) is 5.92 Å². The third-order valence-electron chi connectivity index (χ3n) is 3.39. The molecule has 0 aromatic rings. The summed E-state index contributed by atoms with van der Waals surface area (Å²) in [6.45, 7) is 0. The Labute approximate surface area is 86.0 Å². The summed E-state index contributed by atoms with van der Waals surface area (Å²) in [5, 5.41) is 12.7. The Bertz CT molecular complexity index is 244. The highest BCUT2D eigenvalue weighted by Gasteiger charge is 2.26. The van der Waals surface area contributed by atoms with Crippen molar-refractivity contribution in [3.63, 3.8) is 0 Å². The third kappa shape index (κ3) is 2.16. The van der Waals surface area contributed by atoms with Crippen molar-refractivity contribution >= 4 is 0 Å². The van der Waals surface area contributed by atoms with E-state index in [0.29, 0.717) is 12.1 Å². The van der Waals surface area contributed by atoms with E-state index in [1.165, 1.54) is 19.3 Å². The van der Waals surface area contributed by atoms with Gasteiger partial charge in [-0.25, -0.2) is 0 Å². The second-order valence-electron chi connectivity index (χ2n) is 4.43. The standard InChI is InChI=1S/C12H18N2/c13-9-10-5-1-4-8-12(10)14-11-6-2-3-7-11/h2-3,10-12,14H,1,4-8H2. The van der Waals surface area contributed by atoms with Crippen LogP contribution < -0.4 is 5.32 Å². The second kappa shape index (κ2) is 4.61. The number of nitrogens with one attached hydrogen (secondary N) is 1. The molecule has 14 heavy (non-hydrogen) atoms. The Morgan fingerprint density at radius 1 is 1.14 bits per heavy atom. The molecule has 0 radical (unpaired) electrons. The summed E-state index contributed by atoms with van der Waals surface area (Å²) < 4.78 is 0. The van der Waals surface area contributed by atoms with E-state index in [0.717, 1.165) is 19.3 Å². The van der Waals surface area contributed by atoms with Crippen LogP contribution in [0.5, 0.6) is 0 Å². The molecule has 0 heterocycles. The van der Waals surface area contributed by atoms with Crippen LogP contribution in [-0.2, 0) is 0 Å². The molecule has 2 aliphatic carbocycles. The number of rotatable bonds is 2. The lowest BCUT2D eigenvalue weighted by Gasteiger charge is -2.30. The van der Waals surface area contributed by atoms with Crippen molar-refractivity contribution < 1.29 is 0 Å². The molecule has 0 bridgehead atoms. The van der Waals surface area contributed by atoms with Gasteiger partial charge in [0.25, 0.3) is 0 Å². The molecule has 0 aromatic heterocycles. The number of nitrogens with zero attached hydrogens (tertiary/aromatic N) is 1. The molecule has 2 rings (SSSR count). The summed E-state index contributed by atoms with van der Waals surface area (Å²) in [7, 11) is 0. The predicted molar refractivity (Wildman–Crippen MR) is 56.7 cm³/mol. The van der Waals surface area contributed by atoms with Gasteiger partial charge in [0.2, 0.25) is 0 Å². The zero-order chi connectivity index (χ0) is 9.80. The average molecular weight is 190 g/mol. The molecule has 0 aromatic carbocycles. The summed E-state index contributed by atoms with van der Waals surface area (Å²) in [6, 6.07) is 3.51. The Balaban J connectivity index is 1.85. The molecule has 1 N–H and O–H groups in total. The van der Waals surface area contributed by atoms with E-state index in [9.17, 15) is 0 Å². The van der Waals surface area contributed by atoms with E-state index in [2.05, 4.69) is 23.5 Å². The normalized spacial score (nSPS) is 33.1. The van der Waals surface area contributed by atoms with Gasteiger partial charge in [-0.2, -0.15) is 5.26 Å². The van der Waals surface area contributed by atoms with Crippen LogP contribution in [0.4, 0.5) is 0 Å². The van der Waals surface area contributed by atoms with Crippen molar-refractivity contribution in [3.05, 3.63) is 12.2 Å². The molecule has 0 spiro atoms. The van der Waals surface area contributed by atoms with Crippen LogP contribution in [0.25, 0.3) is 0 Å². The molecule has 2 heteroatoms. The van der Waals surface area contributed by atoms with Crippen LogP contribution >= 0.6 is 0 Å². The Morgan fingerprint density at radius 2 is 1.86 bits per heavy atom. The van der Waals surface area contributed by atoms with E-state index in [1.807, 2.05) is 0 Å². The summed E-state index contributed by atoms with van der Waals surface area (Å²) in [5.74, 6) is 0.254. The van der Waals surface area contributed by atoms with Crippen LogP contribution in [0.15, 0.2) is 12.2 Å². The highest BCUT2D eigenvalue weighted by molar-refractivity contribution is 5.01. The van der Waals surface area contributed by atoms with Gasteiger partial charge in [-0.1, -0.05) is 25.0 Å². The lowest BCUT2D eigenvalue weighted by atomic mass is 9.85. The number of hydrogen-bond donors (Lipinski definition) is 1. The minimum absolute atomic E-state index is 0.254. The maximum atomic E-state index is 9.03. The minimum Gasteiger partial charge on any atom is -0.309 e. The molecule has 2 unspecified atom stereocenters. The zero-order valence-electron chi connectivity index (χ0n) is 8.58. The highest BCUT2D eigenvalue weighted by Crippen LogP contribution is 2.25. The molecule has 0 saturated heterocycles. The Morgan fingerprint density at radius 3 is 2.57 bits per heavy atom. The first-order valence-electron chi connectivity index (χ1n) is 5.71. The van der Waals surface area contributed by atoms with Crippen molar-refractivity contribution in [3.8, 4) is 6.07 Å². The first kappa shape index (κ1) is 9.73. The van der Waals surface area contributed by atoms with Crippen molar-refractivity contribution in [1.29, 1.82) is 5.26 Å². The van der Waals surface area contributed by atoms with Gasteiger partial charge in [-0.05, 0) is 25.7 Å². The Kier molecular flexibility index (Phi) is 3.21. The highest BCUT2D eigenvalue weighted by atomic mass is 15.0. The second-order valence-corrected chi connectivity index (χ2v) is 4.43. The zero-order valence-corrected chi connectivity index (χ0v) is 8.58. The smallest absolute Gasteiger partial charge is 0.0672 e. The van der Waals surface area contributed by atoms with Gasteiger partial charge >= 0.3 is 0 Å². The molecule has 76 valence electrons. The van der Waals surface area contributed by atoms with Gasteiger partial charge in [0.1, 0.15) is 0 Å². The van der Waals surface area contributed by atoms with Crippen molar-refractivity contribution in [1.82, 2.24) is 5.32 Å². The molecule has 2 nitrogen and oxygen atoms in total. The van der Waals surface area contributed by atoms with Gasteiger partial charge in [-0.15, -0.1) is 0 Å². The molecule has 1 fully saturated rings. The summed E-state index contributed by atoms with van der Waals surface area (Å²) in [4.78, 5) is 0. The number of hydrogen-bond acceptors (Lipinski definition) is 2. The molecule has 2 atom stereocenters. The third-order valence-corrected chi connectivity index (χ3v) is 3.39. The molecule has 1 saturated carbocycles. The number of nitriles is 1. The predicted octanol–water partition coefficient (Wildman–Crippen LogP) is 2.38. The fraction of sp³-hybridized carbons (Fsp3) is 0.750. The van der Waals surface area contributed by atoms with E-state index >= 15 is 0 Å². The molecular formula is C12H18N2. The van der Waals surface area contributed by atoms with Crippen LogP contribution in [0, 0.1) is 17.2 Å². The fourth-order valence-corrected chi connectivity index (χ4v) is 2.54. The topological polar surface area (TPSA) is 35.8 Å². The summed E-state index contributed by atoms with van der Waals surface area (Å²) >= 11 is 0. The van der Waals surface area contributed by atoms with E-state index in [-0.39, 0.29) is 5.92 Å². The maximum Gasteiger partial charge on any atom is 0.0672 e. The van der Waals surface area contributed by atoms with Crippen molar-refractivity contribution in [2.45, 2.75) is 50.6 Å². The van der Waals surface area contributed by atoms with Gasteiger partial charge < -0.3 is 5.32 Å². The van der Waals surface area contributed by atoms with Crippen molar-refractivity contribution in [2.75, 3.05) is 0 Å². The van der Waals surface area contributed by atoms with Crippen LogP contribution in [0.2, 0.25) is 0 Å². The van der Waals surface area contributed by atoms with E-state index in [1.54, 1.807) is 0 Å². The quantitative estimate of drug-likeness (QED) is 0.679. The van der Waals surface area contributed by atoms with E-state index in [4.69, 9.17) is 5.26 Å². The van der Waals surface area contributed by atoms with Gasteiger partial charge in [0, 0.05) is 12.1 Å². The first-order chi connectivity index (χ1) is 6.90. The minimum atomic E-state index is 0.254. The lowest BCUT2D eigenvalue weighted by molar-refractivity contribution is 0.288. The molecule has 2 aliphatic rings. The van der Waals surface area contributed by atoms with Gasteiger partial charge in [0.05, 0.1) is 12.0 Å². The average Bonchev–Trinajstić information content (AvgIpc) is 2.71. The lowest BCUT2D eigenvalue weighted by Crippen LogP contribution is -2.43. The fourth-order valence-electron chi connectivity index (χ4n) is 2.54. The van der Waals surface area contributed by atoms with Crippen LogP contribution in [0.1, 0.15) is 38.5 Å². The first-order valence-corrected chi connectivity index (χ1v) is 5.71. The Hall–Kier alpha value is -0.810. The summed E-state index contributed by atoms with van der Waals surface area (Å²) in [5.41, 5.74) is 0. The van der Waals surface area contributed by atoms with E-state index < -0.39 is 0 Å². The van der Waals surface area contributed by atoms with Crippen LogP contribution in [0.3, 0.4) is 0 Å². The molecular weight excluding hydrogens is 172 g/mol. The summed E-state index contributed by atoms with van der Waals surface area (Å²) in [6.07, 6.45) is 11.6. The largest absolute Gasteiger partial charge is 0.309 e. The SMILES string of the molecule is N#CC1CCCCC1NC1CC=CC1. The van der Waals surface area contributed by atoms with Crippen LogP contribution in [-0.4, -0.2) is 12.1 Å². The monoisotopic (exact) mass is 190 g/mol. The van der Waals surface area contributed by atoms with Gasteiger partial charge in [-0.3, -0.25) is 0 Å². The molecule has 0 aliphatic heterocycles. The molecule has 0 amide bonds. The van der Waals surface area contributed by atoms with Gasteiger partial charge in [0.15, 0.2) is 0 Å².